The maximum Gasteiger partial charge on any atom is 0.174 e. The van der Waals surface area contributed by atoms with E-state index in [1.54, 1.807) is 6.08 Å². The first-order valence-corrected chi connectivity index (χ1v) is 5.92. The minimum atomic E-state index is -0.204. The molecule has 1 aliphatic heterocycles. The van der Waals surface area contributed by atoms with Crippen molar-refractivity contribution in [3.63, 3.8) is 0 Å². The van der Waals surface area contributed by atoms with Gasteiger partial charge in [0.25, 0.3) is 0 Å². The van der Waals surface area contributed by atoms with Crippen LogP contribution in [0.1, 0.15) is 18.2 Å². The van der Waals surface area contributed by atoms with Crippen LogP contribution in [-0.2, 0) is 0 Å². The average Bonchev–Trinajstić information content (AvgIpc) is 2.81. The Balaban J connectivity index is 2.16. The second kappa shape index (κ2) is 3.96. The van der Waals surface area contributed by atoms with Crippen LogP contribution in [0.25, 0.3) is 11.6 Å². The Kier molecular flexibility index (Phi) is 2.41. The van der Waals surface area contributed by atoms with E-state index in [0.717, 1.165) is 22.5 Å². The van der Waals surface area contributed by atoms with E-state index >= 15 is 0 Å². The number of aliphatic imine (C=N–C) groups is 1. The Morgan fingerprint density at radius 3 is 2.78 bits per heavy atom. The molecule has 0 saturated heterocycles. The molecule has 0 radical (unpaired) electrons. The summed E-state index contributed by atoms with van der Waals surface area (Å²) in [6.45, 7) is 1.93. The molecule has 3 rings (SSSR count). The van der Waals surface area contributed by atoms with Crippen LogP contribution in [0.4, 0.5) is 5.69 Å². The summed E-state index contributed by atoms with van der Waals surface area (Å²) in [6, 6.07) is 7.85. The molecule has 18 heavy (non-hydrogen) atoms. The van der Waals surface area contributed by atoms with Gasteiger partial charge in [0.05, 0.1) is 5.69 Å². The van der Waals surface area contributed by atoms with Gasteiger partial charge in [0.1, 0.15) is 0 Å². The van der Waals surface area contributed by atoms with E-state index in [4.69, 9.17) is 12.2 Å². The normalized spacial score (nSPS) is 15.8. The lowest BCUT2D eigenvalue weighted by Crippen LogP contribution is -1.94. The number of benzene rings is 1. The Morgan fingerprint density at radius 1 is 1.28 bits per heavy atom. The maximum absolute atomic E-state index is 11.6. The highest BCUT2D eigenvalue weighted by atomic mass is 32.1. The molecule has 1 aliphatic rings. The average molecular weight is 256 g/mol. The highest BCUT2D eigenvalue weighted by Crippen LogP contribution is 2.35. The molecule has 0 atom stereocenters. The van der Waals surface area contributed by atoms with Crippen LogP contribution < -0.4 is 5.11 Å². The molecule has 4 nitrogen and oxygen atoms in total. The molecule has 2 N–H and O–H groups in total. The summed E-state index contributed by atoms with van der Waals surface area (Å²) in [7, 11) is 0. The van der Waals surface area contributed by atoms with Gasteiger partial charge in [-0.05, 0) is 37.2 Å². The van der Waals surface area contributed by atoms with Crippen molar-refractivity contribution in [3.05, 3.63) is 40.3 Å². The van der Waals surface area contributed by atoms with Crippen molar-refractivity contribution in [2.75, 3.05) is 0 Å². The standard InChI is InChI=1S/C13H11N3OS/c1-7-9(6-11-12(17)16-13(18)15-11)8-4-2-3-5-10(8)14-7/h2-6,17H,1H3,(H2,15,16,18)/p-1. The van der Waals surface area contributed by atoms with E-state index in [1.807, 2.05) is 31.2 Å². The van der Waals surface area contributed by atoms with Crippen LogP contribution in [-0.4, -0.2) is 15.7 Å². The van der Waals surface area contributed by atoms with Gasteiger partial charge < -0.3 is 15.1 Å². The van der Waals surface area contributed by atoms with Crippen molar-refractivity contribution < 1.29 is 5.11 Å². The summed E-state index contributed by atoms with van der Waals surface area (Å²) in [6.07, 6.45) is 1.79. The molecule has 0 amide bonds. The van der Waals surface area contributed by atoms with Gasteiger partial charge in [0.2, 0.25) is 0 Å². The number of fused-ring (bicyclic) bond motifs is 1. The number of para-hydroxylation sites is 1. The van der Waals surface area contributed by atoms with Crippen LogP contribution in [0.2, 0.25) is 0 Å². The molecule has 0 spiro atoms. The third-order valence-corrected chi connectivity index (χ3v) is 3.08. The summed E-state index contributed by atoms with van der Waals surface area (Å²) in [4.78, 5) is 9.84. The predicted octanol–water partition coefficient (Wildman–Crippen LogP) is 2.79. The number of nitrogens with one attached hydrogen (secondary N) is 2. The molecule has 0 aliphatic carbocycles. The Labute approximate surface area is 109 Å². The van der Waals surface area contributed by atoms with Gasteiger partial charge in [-0.1, -0.05) is 18.2 Å². The van der Waals surface area contributed by atoms with E-state index in [1.165, 1.54) is 0 Å². The van der Waals surface area contributed by atoms with Gasteiger partial charge >= 0.3 is 0 Å². The van der Waals surface area contributed by atoms with Crippen molar-refractivity contribution in [1.29, 1.82) is 0 Å². The third kappa shape index (κ3) is 1.69. The van der Waals surface area contributed by atoms with Crippen molar-refractivity contribution >= 4 is 35.3 Å². The number of allylic oxidation sites excluding steroid dienone is 1. The molecule has 0 bridgehead atoms. The molecular weight excluding hydrogens is 246 g/mol. The molecule has 1 aromatic carbocycles. The summed E-state index contributed by atoms with van der Waals surface area (Å²) in [5.41, 5.74) is 4.28. The highest BCUT2D eigenvalue weighted by Gasteiger charge is 2.16. The second-order valence-corrected chi connectivity index (χ2v) is 4.50. The topological polar surface area (TPSA) is 67.0 Å². The minimum absolute atomic E-state index is 0.204. The van der Waals surface area contributed by atoms with Crippen LogP contribution in [0.5, 0.6) is 5.88 Å². The van der Waals surface area contributed by atoms with E-state index in [9.17, 15) is 5.11 Å². The Bertz CT molecular complexity index is 737. The van der Waals surface area contributed by atoms with Gasteiger partial charge in [0.15, 0.2) is 4.77 Å². The molecule has 90 valence electrons. The zero-order valence-corrected chi connectivity index (χ0v) is 10.5. The quantitative estimate of drug-likeness (QED) is 0.770. The summed E-state index contributed by atoms with van der Waals surface area (Å²) in [5.74, 6) is -0.204. The fraction of sp³-hybridized carbons (Fsp3) is 0.0769. The fourth-order valence-corrected chi connectivity index (χ4v) is 2.25. The maximum atomic E-state index is 11.6. The summed E-state index contributed by atoms with van der Waals surface area (Å²) in [5, 5.41) is 11.6. The first-order valence-electron chi connectivity index (χ1n) is 5.51. The van der Waals surface area contributed by atoms with Gasteiger partial charge in [-0.3, -0.25) is 4.99 Å². The fourth-order valence-electron chi connectivity index (χ4n) is 2.04. The van der Waals surface area contributed by atoms with Gasteiger partial charge in [-0.15, -0.1) is 0 Å². The highest BCUT2D eigenvalue weighted by molar-refractivity contribution is 7.71. The van der Waals surface area contributed by atoms with Crippen molar-refractivity contribution in [2.45, 2.75) is 6.92 Å². The van der Waals surface area contributed by atoms with Crippen LogP contribution in [0.15, 0.2) is 29.3 Å². The number of imidazole rings is 1. The zero-order chi connectivity index (χ0) is 12.7. The Morgan fingerprint density at radius 2 is 2.06 bits per heavy atom. The van der Waals surface area contributed by atoms with Crippen LogP contribution >= 0.6 is 12.2 Å². The minimum Gasteiger partial charge on any atom is -0.859 e. The van der Waals surface area contributed by atoms with Gasteiger partial charge in [0, 0.05) is 22.5 Å². The van der Waals surface area contributed by atoms with Crippen LogP contribution in [0, 0.1) is 4.77 Å². The van der Waals surface area contributed by atoms with Gasteiger partial charge in [-0.2, -0.15) is 0 Å². The molecule has 2 aromatic rings. The second-order valence-electron chi connectivity index (χ2n) is 4.09. The van der Waals surface area contributed by atoms with E-state index in [-0.39, 0.29) is 5.88 Å². The van der Waals surface area contributed by atoms with Crippen LogP contribution in [0.3, 0.4) is 0 Å². The van der Waals surface area contributed by atoms with E-state index in [0.29, 0.717) is 10.5 Å². The molecule has 1 aromatic heterocycles. The number of hydrogen-bond donors (Lipinski definition) is 2. The number of nitrogens with zero attached hydrogens (tertiary/aromatic N) is 1. The lowest BCUT2D eigenvalue weighted by Gasteiger charge is -2.04. The number of rotatable bonds is 1. The first kappa shape index (κ1) is 11.0. The van der Waals surface area contributed by atoms with Crippen molar-refractivity contribution in [3.8, 4) is 5.88 Å². The molecule has 0 saturated carbocycles. The molecule has 2 heterocycles. The van der Waals surface area contributed by atoms with E-state index in [2.05, 4.69) is 15.0 Å². The van der Waals surface area contributed by atoms with E-state index < -0.39 is 0 Å². The lowest BCUT2D eigenvalue weighted by molar-refractivity contribution is -0.274. The monoisotopic (exact) mass is 256 g/mol. The lowest BCUT2D eigenvalue weighted by atomic mass is 10.0. The number of aromatic nitrogens is 2. The largest absolute Gasteiger partial charge is 0.859 e. The number of hydrogen-bond acceptors (Lipinski definition) is 3. The molecular formula is C13H10N3OS-. The predicted molar refractivity (Wildman–Crippen MR) is 72.5 cm³/mol. The summed E-state index contributed by atoms with van der Waals surface area (Å²) >= 11 is 4.90. The molecule has 0 fully saturated rings. The third-order valence-electron chi connectivity index (χ3n) is 2.88. The molecule has 0 unspecified atom stereocenters. The zero-order valence-electron chi connectivity index (χ0n) is 9.65. The first-order chi connectivity index (χ1) is 8.65. The number of H-pyrrole nitrogens is 2. The molecule has 5 heteroatoms. The summed E-state index contributed by atoms with van der Waals surface area (Å²) < 4.78 is 0.340. The SMILES string of the molecule is CC1=Nc2ccccc2C1=Cc1[nH]c(=S)[nH]c1[O-]. The van der Waals surface area contributed by atoms with Crippen molar-refractivity contribution in [2.24, 2.45) is 4.99 Å². The smallest absolute Gasteiger partial charge is 0.174 e. The Hall–Kier alpha value is -2.14. The van der Waals surface area contributed by atoms with Gasteiger partial charge in [-0.25, -0.2) is 0 Å². The number of aromatic amines is 2. The van der Waals surface area contributed by atoms with Crippen molar-refractivity contribution in [1.82, 2.24) is 9.97 Å².